The lowest BCUT2D eigenvalue weighted by atomic mass is 9.87. The number of aryl methyl sites for hydroxylation is 1. The number of carboxylic acids is 1. The molecule has 1 aliphatic heterocycles. The highest BCUT2D eigenvalue weighted by atomic mass is 35.5. The van der Waals surface area contributed by atoms with Crippen LogP contribution in [0.25, 0.3) is 10.9 Å². The maximum absolute atomic E-state index is 13.8. The molecular weight excluding hydrogens is 483 g/mol. The number of amides is 1. The summed E-state index contributed by atoms with van der Waals surface area (Å²) in [5, 5.41) is 10.5. The lowest BCUT2D eigenvalue weighted by Crippen LogP contribution is -2.41. The van der Waals surface area contributed by atoms with Crippen LogP contribution in [0.3, 0.4) is 0 Å². The van der Waals surface area contributed by atoms with Crippen molar-refractivity contribution in [3.8, 4) is 5.75 Å². The van der Waals surface area contributed by atoms with Crippen molar-refractivity contribution in [2.75, 3.05) is 13.2 Å². The zero-order valence-corrected chi connectivity index (χ0v) is 20.1. The minimum absolute atomic E-state index is 0.0723. The van der Waals surface area contributed by atoms with Crippen molar-refractivity contribution < 1.29 is 23.8 Å². The molecule has 6 nitrogen and oxygen atoms in total. The number of halogens is 2. The first-order chi connectivity index (χ1) is 17.4. The molecule has 184 valence electrons. The Labute approximate surface area is 212 Å². The molecule has 0 saturated carbocycles. The molecule has 3 aromatic carbocycles. The second-order valence-corrected chi connectivity index (χ2v) is 9.20. The molecule has 1 amide bonds. The van der Waals surface area contributed by atoms with Gasteiger partial charge < -0.3 is 19.3 Å². The van der Waals surface area contributed by atoms with E-state index in [9.17, 15) is 14.0 Å². The van der Waals surface area contributed by atoms with E-state index in [0.717, 1.165) is 22.0 Å². The molecule has 5 rings (SSSR count). The van der Waals surface area contributed by atoms with E-state index in [1.807, 2.05) is 41.1 Å². The smallest absolute Gasteiger partial charge is 0.341 e. The molecule has 1 N–H and O–H groups in total. The quantitative estimate of drug-likeness (QED) is 0.361. The zero-order valence-electron chi connectivity index (χ0n) is 19.4. The maximum atomic E-state index is 13.8. The van der Waals surface area contributed by atoms with Crippen molar-refractivity contribution in [2.45, 2.75) is 25.4 Å². The molecule has 0 spiro atoms. The summed E-state index contributed by atoms with van der Waals surface area (Å²) >= 11 is 6.34. The molecule has 0 saturated heterocycles. The van der Waals surface area contributed by atoms with E-state index in [1.165, 1.54) is 12.1 Å². The minimum Gasteiger partial charge on any atom is -0.482 e. The van der Waals surface area contributed by atoms with Gasteiger partial charge in [-0.25, -0.2) is 9.18 Å². The molecule has 1 unspecified atom stereocenters. The Bertz CT molecular complexity index is 1450. The second kappa shape index (κ2) is 10.0. The van der Waals surface area contributed by atoms with Gasteiger partial charge in [0.25, 0.3) is 0 Å². The Kier molecular flexibility index (Phi) is 6.65. The molecule has 36 heavy (non-hydrogen) atoms. The van der Waals surface area contributed by atoms with Gasteiger partial charge in [0, 0.05) is 36.3 Å². The first kappa shape index (κ1) is 23.9. The lowest BCUT2D eigenvalue weighted by molar-refractivity contribution is -0.139. The third-order valence-electron chi connectivity index (χ3n) is 6.52. The van der Waals surface area contributed by atoms with Crippen molar-refractivity contribution in [1.82, 2.24) is 9.47 Å². The summed E-state index contributed by atoms with van der Waals surface area (Å²) in [7, 11) is 0. The largest absolute Gasteiger partial charge is 0.482 e. The molecule has 0 bridgehead atoms. The number of carbonyl (C=O) groups is 2. The van der Waals surface area contributed by atoms with Crippen LogP contribution in [-0.2, 0) is 22.6 Å². The Morgan fingerprint density at radius 1 is 1.06 bits per heavy atom. The summed E-state index contributed by atoms with van der Waals surface area (Å²) in [4.78, 5) is 26.6. The van der Waals surface area contributed by atoms with Crippen LogP contribution < -0.4 is 4.74 Å². The number of aromatic nitrogens is 1. The molecule has 4 aromatic rings. The number of hydrogen-bond acceptors (Lipinski definition) is 3. The van der Waals surface area contributed by atoms with Crippen LogP contribution in [0.15, 0.2) is 72.9 Å². The number of aliphatic carboxylic acids is 1. The van der Waals surface area contributed by atoms with Gasteiger partial charge in [0.05, 0.1) is 11.6 Å². The number of carbonyl (C=O) groups excluding carboxylic acids is 1. The van der Waals surface area contributed by atoms with Gasteiger partial charge in [-0.3, -0.25) is 4.79 Å². The number of rotatable bonds is 7. The monoisotopic (exact) mass is 506 g/mol. The van der Waals surface area contributed by atoms with E-state index in [2.05, 4.69) is 0 Å². The molecule has 1 aromatic heterocycles. The maximum Gasteiger partial charge on any atom is 0.341 e. The highest BCUT2D eigenvalue weighted by Gasteiger charge is 2.34. The van der Waals surface area contributed by atoms with Crippen LogP contribution in [0.2, 0.25) is 5.02 Å². The molecular formula is C28H24ClFN2O4. The van der Waals surface area contributed by atoms with E-state index in [4.69, 9.17) is 21.4 Å². The number of carboxylic acid groups (broad SMARTS) is 1. The van der Waals surface area contributed by atoms with Crippen LogP contribution in [0, 0.1) is 5.82 Å². The van der Waals surface area contributed by atoms with Gasteiger partial charge in [-0.05, 0) is 65.4 Å². The second-order valence-electron chi connectivity index (χ2n) is 8.77. The number of benzene rings is 3. The predicted octanol–water partition coefficient (Wildman–Crippen LogP) is 5.46. The average molecular weight is 507 g/mol. The molecule has 1 aliphatic rings. The fraction of sp³-hybridized carbons (Fsp3) is 0.214. The third-order valence-corrected chi connectivity index (χ3v) is 6.76. The van der Waals surface area contributed by atoms with Gasteiger partial charge in [0.15, 0.2) is 6.61 Å². The normalized spacial score (nSPS) is 15.1. The summed E-state index contributed by atoms with van der Waals surface area (Å²) in [6.07, 6.45) is 2.77. The summed E-state index contributed by atoms with van der Waals surface area (Å²) in [5.41, 5.74) is 3.44. The molecule has 0 aliphatic carbocycles. The molecule has 0 radical (unpaired) electrons. The molecule has 1 atom stereocenters. The summed E-state index contributed by atoms with van der Waals surface area (Å²) in [6.45, 7) is 0.384. The predicted molar refractivity (Wildman–Crippen MR) is 135 cm³/mol. The highest BCUT2D eigenvalue weighted by Crippen LogP contribution is 2.40. The average Bonchev–Trinajstić information content (AvgIpc) is 3.27. The standard InChI is InChI=1S/C28H24ClFN2O4/c29-20-6-8-25(36-17-27(34)35)23(15-20)28-22-4-2-1-3-18(22)10-14-32(28)26(33)11-13-31-12-9-19-5-7-21(30)16-24(19)31/h1-9,12,15-16,28H,10-11,13-14,17H2,(H,34,35). The van der Waals surface area contributed by atoms with Crippen molar-refractivity contribution in [3.05, 3.63) is 100 Å². The minimum atomic E-state index is -1.09. The van der Waals surface area contributed by atoms with Crippen LogP contribution in [0.4, 0.5) is 4.39 Å². The van der Waals surface area contributed by atoms with E-state index in [1.54, 1.807) is 29.2 Å². The van der Waals surface area contributed by atoms with E-state index in [-0.39, 0.29) is 18.1 Å². The van der Waals surface area contributed by atoms with Gasteiger partial charge in [0.2, 0.25) is 5.91 Å². The number of hydrogen-bond donors (Lipinski definition) is 1. The summed E-state index contributed by atoms with van der Waals surface area (Å²) < 4.78 is 21.3. The highest BCUT2D eigenvalue weighted by molar-refractivity contribution is 6.30. The Morgan fingerprint density at radius 3 is 2.72 bits per heavy atom. The van der Waals surface area contributed by atoms with Crippen molar-refractivity contribution in [3.63, 3.8) is 0 Å². The van der Waals surface area contributed by atoms with Gasteiger partial charge in [-0.1, -0.05) is 35.9 Å². The Balaban J connectivity index is 1.47. The van der Waals surface area contributed by atoms with Crippen molar-refractivity contribution >= 4 is 34.4 Å². The zero-order chi connectivity index (χ0) is 25.2. The van der Waals surface area contributed by atoms with Crippen LogP contribution in [0.1, 0.15) is 29.2 Å². The first-order valence-electron chi connectivity index (χ1n) is 11.7. The van der Waals surface area contributed by atoms with Crippen molar-refractivity contribution in [2.24, 2.45) is 0 Å². The summed E-state index contributed by atoms with van der Waals surface area (Å²) in [5.74, 6) is -1.12. The van der Waals surface area contributed by atoms with E-state index in [0.29, 0.717) is 35.8 Å². The van der Waals surface area contributed by atoms with Gasteiger partial charge in [0.1, 0.15) is 11.6 Å². The van der Waals surface area contributed by atoms with Gasteiger partial charge in [-0.2, -0.15) is 0 Å². The topological polar surface area (TPSA) is 71.8 Å². The lowest BCUT2D eigenvalue weighted by Gasteiger charge is -2.38. The number of fused-ring (bicyclic) bond motifs is 2. The molecule has 0 fully saturated rings. The van der Waals surface area contributed by atoms with Gasteiger partial charge in [-0.15, -0.1) is 0 Å². The SMILES string of the molecule is O=C(O)COc1ccc(Cl)cc1C1c2ccccc2CCN1C(=O)CCn1ccc2ccc(F)cc21. The van der Waals surface area contributed by atoms with E-state index < -0.39 is 18.6 Å². The van der Waals surface area contributed by atoms with E-state index >= 15 is 0 Å². The molecule has 8 heteroatoms. The van der Waals surface area contributed by atoms with Crippen LogP contribution in [0.5, 0.6) is 5.75 Å². The van der Waals surface area contributed by atoms with Crippen LogP contribution >= 0.6 is 11.6 Å². The Hall–Kier alpha value is -3.84. The fourth-order valence-electron chi connectivity index (χ4n) is 4.89. The Morgan fingerprint density at radius 2 is 1.89 bits per heavy atom. The third kappa shape index (κ3) is 4.79. The van der Waals surface area contributed by atoms with Gasteiger partial charge >= 0.3 is 5.97 Å². The summed E-state index contributed by atoms with van der Waals surface area (Å²) in [6, 6.07) is 18.9. The molecule has 2 heterocycles. The first-order valence-corrected chi connectivity index (χ1v) is 12.0. The van der Waals surface area contributed by atoms with Crippen LogP contribution in [-0.4, -0.2) is 39.6 Å². The number of ether oxygens (including phenoxy) is 1. The fourth-order valence-corrected chi connectivity index (χ4v) is 5.07. The van der Waals surface area contributed by atoms with Crippen molar-refractivity contribution in [1.29, 1.82) is 0 Å². The number of nitrogens with zero attached hydrogens (tertiary/aromatic N) is 2.